The number of anilines is 1. The molecule has 4 aliphatic rings. The van der Waals surface area contributed by atoms with Crippen LogP contribution in [0.3, 0.4) is 0 Å². The van der Waals surface area contributed by atoms with Crippen LogP contribution in [0.25, 0.3) is 6.08 Å². The number of nitro groups is 1. The molecule has 68 heavy (non-hydrogen) atoms. The number of ether oxygens (including phenoxy) is 6. The molecular formula is C51H62N4O13. The Labute approximate surface area is 396 Å². The van der Waals surface area contributed by atoms with Crippen molar-refractivity contribution in [3.05, 3.63) is 112 Å². The molecular weight excluding hydrogens is 877 g/mol. The van der Waals surface area contributed by atoms with E-state index in [1.165, 1.54) is 32.4 Å². The number of aliphatic hydroxyl groups is 2. The summed E-state index contributed by atoms with van der Waals surface area (Å²) in [7, 11) is 4.71. The molecule has 17 nitrogen and oxygen atoms in total. The number of nitrogens with zero attached hydrogens (tertiary/aromatic N) is 3. The molecule has 0 radical (unpaired) electrons. The van der Waals surface area contributed by atoms with E-state index in [0.717, 1.165) is 36.8 Å². The second kappa shape index (κ2) is 23.2. The quantitative estimate of drug-likeness (QED) is 0.0301. The Bertz CT molecular complexity index is 2350. The molecule has 0 spiro atoms. The molecule has 1 saturated carbocycles. The lowest BCUT2D eigenvalue weighted by Gasteiger charge is -2.59. The fourth-order valence-electron chi connectivity index (χ4n) is 10.00. The van der Waals surface area contributed by atoms with Crippen LogP contribution in [0.5, 0.6) is 23.0 Å². The van der Waals surface area contributed by atoms with Crippen molar-refractivity contribution >= 4 is 35.2 Å². The normalized spacial score (nSPS) is 24.4. The van der Waals surface area contributed by atoms with Crippen LogP contribution in [0.15, 0.2) is 96.2 Å². The minimum Gasteiger partial charge on any atom is -0.497 e. The van der Waals surface area contributed by atoms with Crippen molar-refractivity contribution in [3.63, 3.8) is 0 Å². The van der Waals surface area contributed by atoms with Crippen LogP contribution >= 0.6 is 0 Å². The van der Waals surface area contributed by atoms with Gasteiger partial charge < -0.3 is 48.4 Å². The number of carbonyl (C=O) groups is 2. The van der Waals surface area contributed by atoms with Crippen molar-refractivity contribution in [2.45, 2.75) is 88.2 Å². The largest absolute Gasteiger partial charge is 0.497 e. The third-order valence-electron chi connectivity index (χ3n) is 13.3. The third-order valence-corrected chi connectivity index (χ3v) is 13.3. The number of amides is 2. The van der Waals surface area contributed by atoms with Gasteiger partial charge in [-0.15, -0.1) is 6.58 Å². The number of hydrogen-bond donors (Lipinski definition) is 3. The highest BCUT2D eigenvalue weighted by Gasteiger charge is 2.65. The van der Waals surface area contributed by atoms with E-state index in [9.17, 15) is 29.9 Å². The highest BCUT2D eigenvalue weighted by molar-refractivity contribution is 6.03. The van der Waals surface area contributed by atoms with E-state index in [2.05, 4.69) is 18.0 Å². The summed E-state index contributed by atoms with van der Waals surface area (Å²) in [5.41, 5.74) is 3.10. The predicted molar refractivity (Wildman–Crippen MR) is 254 cm³/mol. The SMILES string of the molecule is C=CCO[C@@]12Oc3ccc(OC(=O)Nc4ccc(OC)cc4OC)cc3[C@H]3[C@H](CCCCO)[C@@H](CCCCO)C=C(C(=NOC4CCCCO4)C[C@@H]1N(C)C(=O)C=Cc1ccc([N+](=O)[O-])cc1)[C@H]32. The van der Waals surface area contributed by atoms with Gasteiger partial charge in [-0.25, -0.2) is 4.79 Å². The number of fused-ring (bicyclic) bond motifs is 2. The van der Waals surface area contributed by atoms with Gasteiger partial charge in [0.2, 0.25) is 18.0 Å². The number of benzene rings is 3. The Morgan fingerprint density at radius 2 is 1.76 bits per heavy atom. The molecule has 3 N–H and O–H groups in total. The zero-order valence-corrected chi connectivity index (χ0v) is 38.9. The Morgan fingerprint density at radius 1 is 1.00 bits per heavy atom. The minimum atomic E-state index is -1.53. The molecule has 7 rings (SSSR count). The topological polar surface area (TPSA) is 210 Å². The summed E-state index contributed by atoms with van der Waals surface area (Å²) >= 11 is 0. The first-order valence-corrected chi connectivity index (χ1v) is 23.3. The van der Waals surface area contributed by atoms with E-state index < -0.39 is 35.1 Å². The van der Waals surface area contributed by atoms with Crippen molar-refractivity contribution in [2.75, 3.05) is 53.0 Å². The van der Waals surface area contributed by atoms with Crippen LogP contribution in [-0.2, 0) is 19.1 Å². The molecule has 1 unspecified atom stereocenters. The van der Waals surface area contributed by atoms with Gasteiger partial charge in [-0.1, -0.05) is 30.1 Å². The summed E-state index contributed by atoms with van der Waals surface area (Å²) in [5, 5.41) is 38.9. The standard InChI is InChI=1S/C51H62N4O13/c1-5-27-65-51-45(54(2)46(58)24-17-33-15-18-35(19-16-33)55(60)61)32-42(53-68-47-14-8-11-28-64-47)39-29-34(12-6-9-25-56)38(13-7-10-26-57)48(49(39)51)40-30-37(21-23-43(40)67-51)66-50(59)52-41-22-20-36(62-3)31-44(41)63-4/h5,15-24,29-31,34,38,45,47-49,56-57H,1,6-14,25-28,32H2,2-4H3,(H,52,59)/t34-,38+,45-,47?,48+,49+,51+/m0/s1. The van der Waals surface area contributed by atoms with E-state index in [4.69, 9.17) is 38.4 Å². The molecule has 2 amide bonds. The van der Waals surface area contributed by atoms with E-state index >= 15 is 0 Å². The molecule has 0 aromatic heterocycles. The van der Waals surface area contributed by atoms with Crippen LogP contribution in [-0.4, -0.2) is 104 Å². The zero-order valence-electron chi connectivity index (χ0n) is 38.9. The van der Waals surface area contributed by atoms with E-state index in [1.807, 2.05) is 6.07 Å². The van der Waals surface area contributed by atoms with Gasteiger partial charge in [0.15, 0.2) is 0 Å². The Morgan fingerprint density at radius 3 is 2.46 bits per heavy atom. The smallest absolute Gasteiger partial charge is 0.417 e. The van der Waals surface area contributed by atoms with Crippen molar-refractivity contribution in [3.8, 4) is 23.0 Å². The fraction of sp³-hybridized carbons (Fsp3) is 0.471. The Balaban J connectivity index is 1.35. The number of oxime groups is 1. The van der Waals surface area contributed by atoms with Crippen LogP contribution < -0.4 is 24.3 Å². The second-order valence-electron chi connectivity index (χ2n) is 17.4. The molecule has 364 valence electrons. The summed E-state index contributed by atoms with van der Waals surface area (Å²) in [6.07, 6.45) is 12.4. The molecule has 2 aliphatic heterocycles. The summed E-state index contributed by atoms with van der Waals surface area (Å²) in [6, 6.07) is 15.3. The first-order chi connectivity index (χ1) is 33.0. The fourth-order valence-corrected chi connectivity index (χ4v) is 10.00. The number of likely N-dealkylation sites (N-methyl/N-ethyl adjacent to an activating group) is 1. The molecule has 3 aromatic carbocycles. The molecule has 2 fully saturated rings. The molecule has 7 atom stereocenters. The maximum atomic E-state index is 14.5. The van der Waals surface area contributed by atoms with Gasteiger partial charge in [-0.2, -0.15) is 0 Å². The lowest BCUT2D eigenvalue weighted by atomic mass is 9.55. The third kappa shape index (κ3) is 11.2. The maximum Gasteiger partial charge on any atom is 0.417 e. The number of non-ortho nitro benzene ring substituents is 1. The number of nitrogens with one attached hydrogen (secondary N) is 1. The number of aliphatic hydroxyl groups excluding tert-OH is 2. The van der Waals surface area contributed by atoms with Crippen molar-refractivity contribution in [2.24, 2.45) is 22.9 Å². The van der Waals surface area contributed by atoms with E-state index in [0.29, 0.717) is 72.9 Å². The van der Waals surface area contributed by atoms with E-state index in [1.54, 1.807) is 66.6 Å². The lowest BCUT2D eigenvalue weighted by molar-refractivity contribution is -0.384. The minimum absolute atomic E-state index is 0.0228. The highest BCUT2D eigenvalue weighted by atomic mass is 16.8. The summed E-state index contributed by atoms with van der Waals surface area (Å²) in [4.78, 5) is 46.7. The Kier molecular flexibility index (Phi) is 16.9. The maximum absolute atomic E-state index is 14.5. The monoisotopic (exact) mass is 938 g/mol. The average Bonchev–Trinajstić information content (AvgIpc) is 3.35. The van der Waals surface area contributed by atoms with Gasteiger partial charge in [-0.3, -0.25) is 20.2 Å². The number of methoxy groups -OCH3 is 2. The molecule has 1 saturated heterocycles. The lowest BCUT2D eigenvalue weighted by Crippen LogP contribution is -2.69. The van der Waals surface area contributed by atoms with Gasteiger partial charge in [0.1, 0.15) is 29.0 Å². The average molecular weight is 939 g/mol. The molecule has 2 heterocycles. The summed E-state index contributed by atoms with van der Waals surface area (Å²) in [5.74, 6) is -1.37. The molecule has 3 aromatic rings. The first-order valence-electron chi connectivity index (χ1n) is 23.3. The van der Waals surface area contributed by atoms with Gasteiger partial charge in [0.25, 0.3) is 5.69 Å². The summed E-state index contributed by atoms with van der Waals surface area (Å²) < 4.78 is 36.9. The second-order valence-corrected chi connectivity index (χ2v) is 17.4. The number of rotatable bonds is 21. The number of nitro benzene ring substituents is 1. The van der Waals surface area contributed by atoms with Crippen LogP contribution in [0, 0.1) is 27.9 Å². The van der Waals surface area contributed by atoms with E-state index in [-0.39, 0.29) is 61.3 Å². The number of carbonyl (C=O) groups excluding carboxylic acids is 2. The van der Waals surface area contributed by atoms with Gasteiger partial charge >= 0.3 is 6.09 Å². The number of allylic oxidation sites excluding steroid dienone is 1. The van der Waals surface area contributed by atoms with Crippen LogP contribution in [0.2, 0.25) is 0 Å². The van der Waals surface area contributed by atoms with Crippen LogP contribution in [0.1, 0.15) is 81.3 Å². The molecule has 2 aliphatic carbocycles. The van der Waals surface area contributed by atoms with Gasteiger partial charge in [0, 0.05) is 68.9 Å². The van der Waals surface area contributed by atoms with Crippen molar-refractivity contribution in [1.29, 1.82) is 0 Å². The van der Waals surface area contributed by atoms with Crippen molar-refractivity contribution in [1.82, 2.24) is 4.90 Å². The highest BCUT2D eigenvalue weighted by Crippen LogP contribution is 2.62. The van der Waals surface area contributed by atoms with Crippen molar-refractivity contribution < 1.29 is 58.0 Å². The van der Waals surface area contributed by atoms with Crippen LogP contribution in [0.4, 0.5) is 16.2 Å². The first kappa shape index (κ1) is 49.6. The number of unbranched alkanes of at least 4 members (excludes halogenated alkanes) is 2. The summed E-state index contributed by atoms with van der Waals surface area (Å²) in [6.45, 7) is 4.67. The van der Waals surface area contributed by atoms with Gasteiger partial charge in [0.05, 0.1) is 49.7 Å². The number of hydrogen-bond acceptors (Lipinski definition) is 14. The Hall–Kier alpha value is -6.27. The molecule has 0 bridgehead atoms. The predicted octanol–water partition coefficient (Wildman–Crippen LogP) is 8.55. The molecule has 17 heteroatoms. The zero-order chi connectivity index (χ0) is 48.2. The van der Waals surface area contributed by atoms with Gasteiger partial charge in [-0.05, 0) is 110 Å².